The molecular weight excluding hydrogens is 402 g/mol. The van der Waals surface area contributed by atoms with Crippen molar-refractivity contribution < 1.29 is 9.53 Å². The Morgan fingerprint density at radius 2 is 2.00 bits per heavy atom. The smallest absolute Gasteiger partial charge is 0.225 e. The number of ether oxygens (including phenoxy) is 1. The predicted molar refractivity (Wildman–Crippen MR) is 125 cm³/mol. The third-order valence-electron chi connectivity index (χ3n) is 6.94. The van der Waals surface area contributed by atoms with E-state index in [1.807, 2.05) is 24.3 Å². The Morgan fingerprint density at radius 1 is 1.16 bits per heavy atom. The number of piperidine rings is 1. The second-order valence-electron chi connectivity index (χ2n) is 8.97. The lowest BCUT2D eigenvalue weighted by Crippen LogP contribution is -2.42. The average molecular weight is 434 g/mol. The standard InChI is InChI=1S/C25H31N5O2/c1-32-22-11-5-4-9-18(22)15-26-23-20-12-13-21(27-24(20)29-28-23)19-10-6-14-30(16-19)25(31)17-7-2-3-8-17/h4-5,9,11-13,17,19H,2-3,6-8,10,14-16H2,1H3,(H2,26,27,28,29)/t19-/m1/s1. The van der Waals surface area contributed by atoms with Crippen LogP contribution in [0.2, 0.25) is 0 Å². The summed E-state index contributed by atoms with van der Waals surface area (Å²) in [7, 11) is 1.68. The minimum absolute atomic E-state index is 0.244. The van der Waals surface area contributed by atoms with Crippen LogP contribution in [0.4, 0.5) is 5.82 Å². The molecule has 0 spiro atoms. The van der Waals surface area contributed by atoms with Gasteiger partial charge in [-0.1, -0.05) is 31.0 Å². The van der Waals surface area contributed by atoms with Crippen molar-refractivity contribution in [1.29, 1.82) is 0 Å². The topological polar surface area (TPSA) is 83.1 Å². The number of amides is 1. The molecule has 1 saturated heterocycles. The van der Waals surface area contributed by atoms with Crippen LogP contribution >= 0.6 is 0 Å². The van der Waals surface area contributed by atoms with E-state index >= 15 is 0 Å². The van der Waals surface area contributed by atoms with E-state index in [9.17, 15) is 4.79 Å². The SMILES string of the molecule is COc1ccccc1CNc1n[nH]c2nc([C@@H]3CCCN(C(=O)C4CCCC4)C3)ccc12. The van der Waals surface area contributed by atoms with Crippen LogP contribution in [0.1, 0.15) is 55.7 Å². The lowest BCUT2D eigenvalue weighted by Gasteiger charge is -2.34. The second-order valence-corrected chi connectivity index (χ2v) is 8.97. The van der Waals surface area contributed by atoms with Crippen molar-refractivity contribution in [2.75, 3.05) is 25.5 Å². The van der Waals surface area contributed by atoms with Gasteiger partial charge in [-0.15, -0.1) is 0 Å². The number of para-hydroxylation sites is 1. The van der Waals surface area contributed by atoms with Crippen molar-refractivity contribution in [2.45, 2.75) is 51.0 Å². The summed E-state index contributed by atoms with van der Waals surface area (Å²) in [6.45, 7) is 2.28. The fourth-order valence-corrected chi connectivity index (χ4v) is 5.16. The summed E-state index contributed by atoms with van der Waals surface area (Å²) in [5.41, 5.74) is 2.90. The van der Waals surface area contributed by atoms with E-state index in [1.54, 1.807) is 7.11 Å². The first-order valence-corrected chi connectivity index (χ1v) is 11.7. The van der Waals surface area contributed by atoms with E-state index in [1.165, 1.54) is 12.8 Å². The van der Waals surface area contributed by atoms with Crippen molar-refractivity contribution in [2.24, 2.45) is 5.92 Å². The number of fused-ring (bicyclic) bond motifs is 1. The fraction of sp³-hybridized carbons (Fsp3) is 0.480. The molecule has 2 fully saturated rings. The Balaban J connectivity index is 1.28. The average Bonchev–Trinajstić information content (AvgIpc) is 3.52. The third-order valence-corrected chi connectivity index (χ3v) is 6.94. The molecule has 0 unspecified atom stereocenters. The van der Waals surface area contributed by atoms with E-state index in [0.717, 1.165) is 72.6 Å². The van der Waals surface area contributed by atoms with E-state index in [-0.39, 0.29) is 11.8 Å². The van der Waals surface area contributed by atoms with Crippen LogP contribution in [0.3, 0.4) is 0 Å². The molecule has 1 aliphatic carbocycles. The van der Waals surface area contributed by atoms with Crippen LogP contribution < -0.4 is 10.1 Å². The van der Waals surface area contributed by atoms with Gasteiger partial charge >= 0.3 is 0 Å². The lowest BCUT2D eigenvalue weighted by atomic mass is 9.93. The Bertz CT molecular complexity index is 1090. The maximum Gasteiger partial charge on any atom is 0.225 e. The molecule has 2 aromatic heterocycles. The van der Waals surface area contributed by atoms with Gasteiger partial charge in [0, 0.05) is 42.7 Å². The first-order valence-electron chi connectivity index (χ1n) is 11.7. The van der Waals surface area contributed by atoms with Crippen LogP contribution in [0.5, 0.6) is 5.75 Å². The van der Waals surface area contributed by atoms with Gasteiger partial charge in [-0.05, 0) is 43.9 Å². The Morgan fingerprint density at radius 3 is 2.84 bits per heavy atom. The Labute approximate surface area is 188 Å². The van der Waals surface area contributed by atoms with Crippen LogP contribution in [0.15, 0.2) is 36.4 Å². The van der Waals surface area contributed by atoms with Gasteiger partial charge in [0.2, 0.25) is 5.91 Å². The third kappa shape index (κ3) is 4.16. The number of aromatic amines is 1. The minimum atomic E-state index is 0.244. The van der Waals surface area contributed by atoms with Crippen LogP contribution in [-0.4, -0.2) is 46.2 Å². The lowest BCUT2D eigenvalue weighted by molar-refractivity contribution is -0.136. The number of methoxy groups -OCH3 is 1. The Kier molecular flexibility index (Phi) is 5.97. The molecule has 1 saturated carbocycles. The molecule has 0 radical (unpaired) electrons. The number of nitrogens with zero attached hydrogens (tertiary/aromatic N) is 3. The molecule has 1 atom stereocenters. The largest absolute Gasteiger partial charge is 0.496 e. The number of benzene rings is 1. The zero-order chi connectivity index (χ0) is 21.9. The number of likely N-dealkylation sites (tertiary alicyclic amines) is 1. The molecule has 7 nitrogen and oxygen atoms in total. The zero-order valence-electron chi connectivity index (χ0n) is 18.6. The molecule has 3 heterocycles. The number of nitrogens with one attached hydrogen (secondary N) is 2. The molecule has 2 N–H and O–H groups in total. The minimum Gasteiger partial charge on any atom is -0.496 e. The number of H-pyrrole nitrogens is 1. The number of rotatable bonds is 6. The molecule has 3 aromatic rings. The molecule has 1 aliphatic heterocycles. The maximum absolute atomic E-state index is 12.9. The number of carbonyl (C=O) groups is 1. The number of hydrogen-bond donors (Lipinski definition) is 2. The zero-order valence-corrected chi connectivity index (χ0v) is 18.6. The van der Waals surface area contributed by atoms with Crippen molar-refractivity contribution >= 4 is 22.8 Å². The quantitative estimate of drug-likeness (QED) is 0.599. The highest BCUT2D eigenvalue weighted by atomic mass is 16.5. The monoisotopic (exact) mass is 433 g/mol. The normalized spacial score (nSPS) is 19.4. The van der Waals surface area contributed by atoms with Gasteiger partial charge in [0.1, 0.15) is 5.75 Å². The van der Waals surface area contributed by atoms with Crippen LogP contribution in [0, 0.1) is 5.92 Å². The summed E-state index contributed by atoms with van der Waals surface area (Å²) in [5, 5.41) is 11.9. The highest BCUT2D eigenvalue weighted by Gasteiger charge is 2.31. The summed E-state index contributed by atoms with van der Waals surface area (Å²) < 4.78 is 5.43. The van der Waals surface area contributed by atoms with Gasteiger partial charge in [-0.25, -0.2) is 4.98 Å². The van der Waals surface area contributed by atoms with Gasteiger partial charge in [-0.3, -0.25) is 9.89 Å². The number of hydrogen-bond acceptors (Lipinski definition) is 5. The summed E-state index contributed by atoms with van der Waals surface area (Å²) in [6.07, 6.45) is 6.61. The van der Waals surface area contributed by atoms with E-state index in [0.29, 0.717) is 12.5 Å². The van der Waals surface area contributed by atoms with Crippen LogP contribution in [-0.2, 0) is 11.3 Å². The fourth-order valence-electron chi connectivity index (χ4n) is 5.16. The van der Waals surface area contributed by atoms with Gasteiger partial charge in [0.05, 0.1) is 12.5 Å². The van der Waals surface area contributed by atoms with Gasteiger partial charge in [0.15, 0.2) is 11.5 Å². The number of anilines is 1. The van der Waals surface area contributed by atoms with Crippen molar-refractivity contribution in [3.63, 3.8) is 0 Å². The molecular formula is C25H31N5O2. The second kappa shape index (κ2) is 9.18. The van der Waals surface area contributed by atoms with Crippen molar-refractivity contribution in [3.05, 3.63) is 47.7 Å². The highest BCUT2D eigenvalue weighted by molar-refractivity contribution is 5.87. The van der Waals surface area contributed by atoms with Gasteiger partial charge in [0.25, 0.3) is 0 Å². The van der Waals surface area contributed by atoms with Crippen molar-refractivity contribution in [1.82, 2.24) is 20.1 Å². The first-order chi connectivity index (χ1) is 15.7. The molecule has 0 bridgehead atoms. The molecule has 7 heteroatoms. The molecule has 168 valence electrons. The predicted octanol–water partition coefficient (Wildman–Crippen LogP) is 4.47. The summed E-state index contributed by atoms with van der Waals surface area (Å²) in [6, 6.07) is 12.1. The van der Waals surface area contributed by atoms with E-state index < -0.39 is 0 Å². The number of carbonyl (C=O) groups excluding carboxylic acids is 1. The highest BCUT2D eigenvalue weighted by Crippen LogP contribution is 2.32. The molecule has 2 aliphatic rings. The number of pyridine rings is 1. The summed E-state index contributed by atoms with van der Waals surface area (Å²) >= 11 is 0. The van der Waals surface area contributed by atoms with Crippen molar-refractivity contribution in [3.8, 4) is 5.75 Å². The molecule has 1 aromatic carbocycles. The van der Waals surface area contributed by atoms with E-state index in [4.69, 9.17) is 9.72 Å². The summed E-state index contributed by atoms with van der Waals surface area (Å²) in [5.74, 6) is 2.53. The van der Waals surface area contributed by atoms with Crippen LogP contribution in [0.25, 0.3) is 11.0 Å². The van der Waals surface area contributed by atoms with E-state index in [2.05, 4.69) is 32.5 Å². The first kappa shape index (κ1) is 20.8. The molecule has 1 amide bonds. The van der Waals surface area contributed by atoms with Gasteiger partial charge < -0.3 is 15.0 Å². The molecule has 32 heavy (non-hydrogen) atoms. The maximum atomic E-state index is 12.9. The summed E-state index contributed by atoms with van der Waals surface area (Å²) in [4.78, 5) is 19.9. The Hall–Kier alpha value is -3.09. The van der Waals surface area contributed by atoms with Gasteiger partial charge in [-0.2, -0.15) is 5.10 Å². The molecule has 5 rings (SSSR count). The number of aromatic nitrogens is 3.